The number of rotatable bonds is 4. The molecule has 1 aromatic carbocycles. The van der Waals surface area contributed by atoms with Gasteiger partial charge in [-0.1, -0.05) is 18.2 Å². The molecule has 1 aromatic rings. The summed E-state index contributed by atoms with van der Waals surface area (Å²) in [6.45, 7) is 3.58. The van der Waals surface area contributed by atoms with Crippen LogP contribution in [0.2, 0.25) is 0 Å². The number of hydrogen-bond acceptors (Lipinski definition) is 3. The summed E-state index contributed by atoms with van der Waals surface area (Å²) in [7, 11) is 1.50. The molecule has 0 bridgehead atoms. The number of hydrogen-bond donors (Lipinski definition) is 1. The van der Waals surface area contributed by atoms with Crippen molar-refractivity contribution >= 4 is 0 Å². The lowest BCUT2D eigenvalue weighted by Crippen LogP contribution is -2.14. The molecule has 12 heavy (non-hydrogen) atoms. The Kier molecular flexibility index (Phi) is 3.17. The first-order chi connectivity index (χ1) is 5.83. The van der Waals surface area contributed by atoms with Crippen LogP contribution in [0.5, 0.6) is 5.75 Å². The zero-order valence-electron chi connectivity index (χ0n) is 6.91. The van der Waals surface area contributed by atoms with E-state index in [4.69, 9.17) is 4.74 Å². The van der Waals surface area contributed by atoms with E-state index in [1.165, 1.54) is 7.11 Å². The number of benzene rings is 1. The first kappa shape index (κ1) is 8.62. The molecule has 0 spiro atoms. The van der Waals surface area contributed by atoms with Gasteiger partial charge in [-0.05, 0) is 18.7 Å². The molecule has 0 unspecified atom stereocenters. The van der Waals surface area contributed by atoms with E-state index in [1.807, 2.05) is 30.3 Å². The molecule has 0 atom stereocenters. The van der Waals surface area contributed by atoms with Crippen molar-refractivity contribution in [3.63, 3.8) is 0 Å². The first-order valence-corrected chi connectivity index (χ1v) is 3.53. The molecule has 0 amide bonds. The van der Waals surface area contributed by atoms with E-state index >= 15 is 0 Å². The summed E-state index contributed by atoms with van der Waals surface area (Å²) in [6.07, 6.45) is 0. The highest BCUT2D eigenvalue weighted by atomic mass is 16.7. The predicted molar refractivity (Wildman–Crippen MR) is 46.4 cm³/mol. The minimum atomic E-state index is 0.365. The molecule has 0 aliphatic heterocycles. The molecular formula is C9H11NO2. The van der Waals surface area contributed by atoms with Crippen LogP contribution in [0.25, 0.3) is 0 Å². The third kappa shape index (κ3) is 2.64. The third-order valence-electron chi connectivity index (χ3n) is 1.20. The molecule has 0 aliphatic carbocycles. The monoisotopic (exact) mass is 165 g/mol. The number of nitrogens with one attached hydrogen (secondary N) is 1. The van der Waals surface area contributed by atoms with Crippen molar-refractivity contribution in [1.82, 2.24) is 5.48 Å². The van der Waals surface area contributed by atoms with Crippen LogP contribution in [0, 0.1) is 0 Å². The van der Waals surface area contributed by atoms with Crippen LogP contribution in [0.3, 0.4) is 0 Å². The lowest BCUT2D eigenvalue weighted by atomic mass is 10.3. The Morgan fingerprint density at radius 3 is 2.58 bits per heavy atom. The molecule has 0 aromatic heterocycles. The van der Waals surface area contributed by atoms with Gasteiger partial charge in [-0.2, -0.15) is 0 Å². The van der Waals surface area contributed by atoms with Gasteiger partial charge in [0.15, 0.2) is 0 Å². The highest BCUT2D eigenvalue weighted by Gasteiger charge is 1.93. The van der Waals surface area contributed by atoms with Crippen molar-refractivity contribution < 1.29 is 9.57 Å². The molecule has 64 valence electrons. The minimum absolute atomic E-state index is 0.365. The fraction of sp³-hybridized carbons (Fsp3) is 0.111. The zero-order valence-corrected chi connectivity index (χ0v) is 6.91. The second-order valence-corrected chi connectivity index (χ2v) is 2.14. The van der Waals surface area contributed by atoms with Gasteiger partial charge in [-0.15, -0.1) is 0 Å². The average molecular weight is 165 g/mol. The van der Waals surface area contributed by atoms with Gasteiger partial charge in [0.05, 0.1) is 7.11 Å². The largest absolute Gasteiger partial charge is 0.440 e. The summed E-state index contributed by atoms with van der Waals surface area (Å²) in [4.78, 5) is 4.60. The summed E-state index contributed by atoms with van der Waals surface area (Å²) in [5.41, 5.74) is 2.48. The predicted octanol–water partition coefficient (Wildman–Crippen LogP) is 1.69. The number of hydroxylamine groups is 1. The highest BCUT2D eigenvalue weighted by Crippen LogP contribution is 2.10. The van der Waals surface area contributed by atoms with E-state index in [2.05, 4.69) is 16.9 Å². The summed E-state index contributed by atoms with van der Waals surface area (Å²) < 4.78 is 5.22. The van der Waals surface area contributed by atoms with Gasteiger partial charge in [0, 0.05) is 0 Å². The van der Waals surface area contributed by atoms with Crippen molar-refractivity contribution in [2.24, 2.45) is 0 Å². The molecule has 0 radical (unpaired) electrons. The fourth-order valence-corrected chi connectivity index (χ4v) is 0.765. The topological polar surface area (TPSA) is 30.5 Å². The molecule has 0 saturated heterocycles. The van der Waals surface area contributed by atoms with E-state index in [1.54, 1.807) is 0 Å². The molecule has 1 N–H and O–H groups in total. The Balaban J connectivity index is 2.47. The quantitative estimate of drug-likeness (QED) is 0.544. The third-order valence-corrected chi connectivity index (χ3v) is 1.20. The second-order valence-electron chi connectivity index (χ2n) is 2.14. The minimum Gasteiger partial charge on any atom is -0.440 e. The van der Waals surface area contributed by atoms with Crippen LogP contribution in [-0.4, -0.2) is 7.11 Å². The summed E-state index contributed by atoms with van der Waals surface area (Å²) >= 11 is 0. The van der Waals surface area contributed by atoms with Crippen LogP contribution < -0.4 is 10.2 Å². The van der Waals surface area contributed by atoms with Crippen molar-refractivity contribution in [2.45, 2.75) is 0 Å². The van der Waals surface area contributed by atoms with Gasteiger partial charge >= 0.3 is 0 Å². The average Bonchev–Trinajstić information content (AvgIpc) is 2.06. The van der Waals surface area contributed by atoms with Crippen LogP contribution in [0.4, 0.5) is 0 Å². The molecular weight excluding hydrogens is 154 g/mol. The SMILES string of the molecule is C=C(NOC)Oc1ccccc1. The van der Waals surface area contributed by atoms with Gasteiger partial charge in [-0.25, -0.2) is 5.48 Å². The molecule has 1 rings (SSSR count). The summed E-state index contributed by atoms with van der Waals surface area (Å²) in [5, 5.41) is 0. The summed E-state index contributed by atoms with van der Waals surface area (Å²) in [5.74, 6) is 1.09. The van der Waals surface area contributed by atoms with E-state index in [-0.39, 0.29) is 0 Å². The number of para-hydroxylation sites is 1. The number of ether oxygens (including phenoxy) is 1. The lowest BCUT2D eigenvalue weighted by molar-refractivity contribution is 0.0845. The Labute approximate surface area is 71.6 Å². The van der Waals surface area contributed by atoms with Gasteiger partial charge in [0.2, 0.25) is 5.88 Å². The standard InChI is InChI=1S/C9H11NO2/c1-8(10-11-2)12-9-6-4-3-5-7-9/h3-7,10H,1H2,2H3. The normalized spacial score (nSPS) is 9.08. The van der Waals surface area contributed by atoms with Crippen LogP contribution in [0.1, 0.15) is 0 Å². The maximum Gasteiger partial charge on any atom is 0.209 e. The van der Waals surface area contributed by atoms with Crippen LogP contribution in [-0.2, 0) is 4.84 Å². The second kappa shape index (κ2) is 4.41. The van der Waals surface area contributed by atoms with E-state index in [9.17, 15) is 0 Å². The summed E-state index contributed by atoms with van der Waals surface area (Å²) in [6, 6.07) is 9.36. The molecule has 0 heterocycles. The lowest BCUT2D eigenvalue weighted by Gasteiger charge is -2.07. The highest BCUT2D eigenvalue weighted by molar-refractivity contribution is 5.22. The van der Waals surface area contributed by atoms with Crippen molar-refractivity contribution in [1.29, 1.82) is 0 Å². The molecule has 0 saturated carbocycles. The van der Waals surface area contributed by atoms with Gasteiger partial charge in [0.25, 0.3) is 0 Å². The van der Waals surface area contributed by atoms with Gasteiger partial charge < -0.3 is 4.74 Å². The smallest absolute Gasteiger partial charge is 0.209 e. The molecule has 0 fully saturated rings. The van der Waals surface area contributed by atoms with Gasteiger partial charge in [-0.3, -0.25) is 4.84 Å². The first-order valence-electron chi connectivity index (χ1n) is 3.53. The Bertz CT molecular complexity index is 246. The Morgan fingerprint density at radius 1 is 1.33 bits per heavy atom. The fourth-order valence-electron chi connectivity index (χ4n) is 0.765. The van der Waals surface area contributed by atoms with Crippen molar-refractivity contribution in [2.75, 3.05) is 7.11 Å². The van der Waals surface area contributed by atoms with Crippen LogP contribution >= 0.6 is 0 Å². The van der Waals surface area contributed by atoms with Crippen molar-refractivity contribution in [3.8, 4) is 5.75 Å². The zero-order chi connectivity index (χ0) is 8.81. The maximum absolute atomic E-state index is 5.22. The van der Waals surface area contributed by atoms with Crippen LogP contribution in [0.15, 0.2) is 42.8 Å². The maximum atomic E-state index is 5.22. The molecule has 3 nitrogen and oxygen atoms in total. The van der Waals surface area contributed by atoms with E-state index in [0.29, 0.717) is 5.88 Å². The van der Waals surface area contributed by atoms with E-state index in [0.717, 1.165) is 5.75 Å². The molecule has 0 aliphatic rings. The molecule has 3 heteroatoms. The van der Waals surface area contributed by atoms with Crippen molar-refractivity contribution in [3.05, 3.63) is 42.8 Å². The van der Waals surface area contributed by atoms with Gasteiger partial charge in [0.1, 0.15) is 5.75 Å². The Hall–Kier alpha value is -1.48. The Morgan fingerprint density at radius 2 is 2.00 bits per heavy atom. The van der Waals surface area contributed by atoms with E-state index < -0.39 is 0 Å².